The Labute approximate surface area is 142 Å². The number of para-hydroxylation sites is 1. The lowest BCUT2D eigenvalue weighted by Gasteiger charge is -2.31. The number of rotatable bonds is 5. The van der Waals surface area contributed by atoms with Crippen LogP contribution in [-0.2, 0) is 4.79 Å². The lowest BCUT2D eigenvalue weighted by atomic mass is 10.1. The van der Waals surface area contributed by atoms with Crippen LogP contribution >= 0.6 is 11.8 Å². The monoisotopic (exact) mass is 335 g/mol. The molecule has 0 bridgehead atoms. The first-order chi connectivity index (χ1) is 11.2. The molecule has 2 saturated heterocycles. The number of hydrogen-bond donors (Lipinski definition) is 1. The van der Waals surface area contributed by atoms with Crippen LogP contribution in [0.1, 0.15) is 17.9 Å². The Morgan fingerprint density at radius 2 is 2.00 bits per heavy atom. The Balaban J connectivity index is 1.73. The highest BCUT2D eigenvalue weighted by atomic mass is 32.2. The SMILES string of the molecule is COc1ccccc1[C@H]1S[C@H](C)C(=O)N1CCN1CCNCC1. The van der Waals surface area contributed by atoms with E-state index in [2.05, 4.69) is 16.3 Å². The van der Waals surface area contributed by atoms with Gasteiger partial charge in [0.05, 0.1) is 12.4 Å². The molecule has 1 N–H and O–H groups in total. The number of piperazine rings is 1. The van der Waals surface area contributed by atoms with Gasteiger partial charge in [-0.15, -0.1) is 11.8 Å². The van der Waals surface area contributed by atoms with Crippen molar-refractivity contribution in [2.24, 2.45) is 0 Å². The third kappa shape index (κ3) is 3.65. The number of carbonyl (C=O) groups excluding carboxylic acids is 1. The number of amides is 1. The number of benzene rings is 1. The van der Waals surface area contributed by atoms with Crippen LogP contribution in [0.2, 0.25) is 0 Å². The molecule has 6 heteroatoms. The fourth-order valence-corrected chi connectivity index (χ4v) is 4.53. The molecule has 2 aliphatic heterocycles. The highest BCUT2D eigenvalue weighted by molar-refractivity contribution is 8.01. The lowest BCUT2D eigenvalue weighted by Crippen LogP contribution is -2.46. The number of hydrogen-bond acceptors (Lipinski definition) is 5. The summed E-state index contributed by atoms with van der Waals surface area (Å²) in [6.45, 7) is 7.91. The average molecular weight is 335 g/mol. The first-order valence-electron chi connectivity index (χ1n) is 8.22. The summed E-state index contributed by atoms with van der Waals surface area (Å²) in [7, 11) is 1.69. The number of thioether (sulfide) groups is 1. The van der Waals surface area contributed by atoms with E-state index in [9.17, 15) is 4.79 Å². The Kier molecular flexibility index (Phi) is 5.46. The normalized spacial score (nSPS) is 25.8. The van der Waals surface area contributed by atoms with Crippen molar-refractivity contribution in [2.75, 3.05) is 46.4 Å². The van der Waals surface area contributed by atoms with Crippen LogP contribution in [0.5, 0.6) is 5.75 Å². The molecule has 2 heterocycles. The van der Waals surface area contributed by atoms with Crippen molar-refractivity contribution in [1.29, 1.82) is 0 Å². The topological polar surface area (TPSA) is 44.8 Å². The lowest BCUT2D eigenvalue weighted by molar-refractivity contribution is -0.130. The van der Waals surface area contributed by atoms with Gasteiger partial charge in [-0.25, -0.2) is 0 Å². The van der Waals surface area contributed by atoms with Crippen molar-refractivity contribution in [1.82, 2.24) is 15.1 Å². The summed E-state index contributed by atoms with van der Waals surface area (Å²) in [6, 6.07) is 8.02. The smallest absolute Gasteiger partial charge is 0.236 e. The highest BCUT2D eigenvalue weighted by Gasteiger charge is 2.39. The molecule has 0 saturated carbocycles. The predicted octanol–water partition coefficient (Wildman–Crippen LogP) is 1.56. The van der Waals surface area contributed by atoms with E-state index in [1.54, 1.807) is 18.9 Å². The van der Waals surface area contributed by atoms with E-state index in [1.807, 2.05) is 30.0 Å². The number of ether oxygens (including phenoxy) is 1. The van der Waals surface area contributed by atoms with Gasteiger partial charge in [0.25, 0.3) is 0 Å². The molecule has 1 aromatic carbocycles. The minimum Gasteiger partial charge on any atom is -0.496 e. The van der Waals surface area contributed by atoms with E-state index in [0.29, 0.717) is 0 Å². The van der Waals surface area contributed by atoms with Crippen LogP contribution in [0.3, 0.4) is 0 Å². The number of nitrogens with zero attached hydrogens (tertiary/aromatic N) is 2. The van der Waals surface area contributed by atoms with E-state index in [-0.39, 0.29) is 16.5 Å². The Bertz CT molecular complexity index is 548. The van der Waals surface area contributed by atoms with Crippen molar-refractivity contribution in [3.05, 3.63) is 29.8 Å². The molecule has 2 aliphatic rings. The van der Waals surface area contributed by atoms with Gasteiger partial charge in [-0.1, -0.05) is 18.2 Å². The van der Waals surface area contributed by atoms with Crippen LogP contribution in [-0.4, -0.2) is 67.3 Å². The standard InChI is InChI=1S/C17H25N3O2S/c1-13-16(21)20(12-11-19-9-7-18-8-10-19)17(23-13)14-5-3-4-6-15(14)22-2/h3-6,13,17-18H,7-12H2,1-2H3/t13-,17-/m1/s1. The quantitative estimate of drug-likeness (QED) is 0.885. The summed E-state index contributed by atoms with van der Waals surface area (Å²) in [6.07, 6.45) is 0. The third-order valence-corrected chi connectivity index (χ3v) is 5.89. The van der Waals surface area contributed by atoms with Crippen LogP contribution in [0.25, 0.3) is 0 Å². The molecular weight excluding hydrogens is 310 g/mol. The minimum absolute atomic E-state index is 0.00735. The Hall–Kier alpha value is -1.24. The second-order valence-corrected chi connectivity index (χ2v) is 7.42. The summed E-state index contributed by atoms with van der Waals surface area (Å²) < 4.78 is 5.50. The van der Waals surface area contributed by atoms with Crippen molar-refractivity contribution in [2.45, 2.75) is 17.5 Å². The van der Waals surface area contributed by atoms with Crippen molar-refractivity contribution in [3.63, 3.8) is 0 Å². The maximum absolute atomic E-state index is 12.6. The van der Waals surface area contributed by atoms with E-state index >= 15 is 0 Å². The van der Waals surface area contributed by atoms with Gasteiger partial charge in [0, 0.05) is 44.8 Å². The van der Waals surface area contributed by atoms with Crippen LogP contribution in [0, 0.1) is 0 Å². The van der Waals surface area contributed by atoms with E-state index in [1.165, 1.54) is 0 Å². The zero-order chi connectivity index (χ0) is 16.2. The molecule has 0 aliphatic carbocycles. The molecule has 0 radical (unpaired) electrons. The number of carbonyl (C=O) groups is 1. The highest BCUT2D eigenvalue weighted by Crippen LogP contribution is 2.45. The molecule has 0 unspecified atom stereocenters. The van der Waals surface area contributed by atoms with Gasteiger partial charge in [0.15, 0.2) is 0 Å². The van der Waals surface area contributed by atoms with Gasteiger partial charge in [-0.05, 0) is 13.0 Å². The molecule has 0 aromatic heterocycles. The molecular formula is C17H25N3O2S. The number of methoxy groups -OCH3 is 1. The van der Waals surface area contributed by atoms with Crippen molar-refractivity contribution < 1.29 is 9.53 Å². The van der Waals surface area contributed by atoms with E-state index in [4.69, 9.17) is 4.74 Å². The molecule has 5 nitrogen and oxygen atoms in total. The molecule has 126 valence electrons. The van der Waals surface area contributed by atoms with Gasteiger partial charge in [-0.2, -0.15) is 0 Å². The van der Waals surface area contributed by atoms with E-state index in [0.717, 1.165) is 50.6 Å². The van der Waals surface area contributed by atoms with Gasteiger partial charge in [0.1, 0.15) is 11.1 Å². The molecule has 23 heavy (non-hydrogen) atoms. The first-order valence-corrected chi connectivity index (χ1v) is 9.17. The summed E-state index contributed by atoms with van der Waals surface area (Å²) >= 11 is 1.72. The Morgan fingerprint density at radius 3 is 2.74 bits per heavy atom. The number of nitrogens with one attached hydrogen (secondary N) is 1. The zero-order valence-electron chi connectivity index (χ0n) is 13.8. The van der Waals surface area contributed by atoms with Gasteiger partial charge in [-0.3, -0.25) is 9.69 Å². The fraction of sp³-hybridized carbons (Fsp3) is 0.588. The summed E-state index contributed by atoms with van der Waals surface area (Å²) in [4.78, 5) is 17.0. The van der Waals surface area contributed by atoms with Crippen LogP contribution in [0.4, 0.5) is 0 Å². The fourth-order valence-electron chi connectivity index (χ4n) is 3.20. The molecule has 1 aromatic rings. The second kappa shape index (κ2) is 7.55. The molecule has 3 rings (SSSR count). The molecule has 2 atom stereocenters. The largest absolute Gasteiger partial charge is 0.496 e. The van der Waals surface area contributed by atoms with Crippen LogP contribution < -0.4 is 10.1 Å². The second-order valence-electron chi connectivity index (χ2n) is 6.00. The van der Waals surface area contributed by atoms with E-state index < -0.39 is 0 Å². The minimum atomic E-state index is 0.00735. The van der Waals surface area contributed by atoms with Crippen LogP contribution in [0.15, 0.2) is 24.3 Å². The molecule has 0 spiro atoms. The first kappa shape index (κ1) is 16.6. The zero-order valence-corrected chi connectivity index (χ0v) is 14.6. The summed E-state index contributed by atoms with van der Waals surface area (Å²) in [5, 5.41) is 3.43. The predicted molar refractivity (Wildman–Crippen MR) is 93.8 cm³/mol. The Morgan fingerprint density at radius 1 is 1.26 bits per heavy atom. The van der Waals surface area contributed by atoms with Crippen molar-refractivity contribution >= 4 is 17.7 Å². The third-order valence-electron chi connectivity index (χ3n) is 4.52. The maximum atomic E-state index is 12.6. The maximum Gasteiger partial charge on any atom is 0.236 e. The summed E-state index contributed by atoms with van der Waals surface area (Å²) in [5.41, 5.74) is 1.10. The van der Waals surface area contributed by atoms with Crippen molar-refractivity contribution in [3.8, 4) is 5.75 Å². The van der Waals surface area contributed by atoms with Gasteiger partial charge in [0.2, 0.25) is 5.91 Å². The van der Waals surface area contributed by atoms with Gasteiger partial charge < -0.3 is 15.0 Å². The van der Waals surface area contributed by atoms with Gasteiger partial charge >= 0.3 is 0 Å². The molecule has 2 fully saturated rings. The average Bonchev–Trinajstić information content (AvgIpc) is 2.88. The summed E-state index contributed by atoms with van der Waals surface area (Å²) in [5.74, 6) is 1.10. The molecule has 1 amide bonds.